The maximum Gasteiger partial charge on any atom is 0.251 e. The van der Waals surface area contributed by atoms with Crippen LogP contribution in [0.25, 0.3) is 0 Å². The van der Waals surface area contributed by atoms with Crippen LogP contribution in [-0.2, 0) is 30.7 Å². The third-order valence-corrected chi connectivity index (χ3v) is 4.57. The largest absolute Gasteiger partial charge is 0.380 e. The van der Waals surface area contributed by atoms with Crippen molar-refractivity contribution in [1.82, 2.24) is 5.32 Å². The summed E-state index contributed by atoms with van der Waals surface area (Å²) in [5.41, 5.74) is 5.31. The van der Waals surface area contributed by atoms with Crippen molar-refractivity contribution in [3.05, 3.63) is 107 Å². The maximum atomic E-state index is 12.7. The van der Waals surface area contributed by atoms with Crippen molar-refractivity contribution < 1.29 is 9.53 Å². The quantitative estimate of drug-likeness (QED) is 0.641. The van der Waals surface area contributed by atoms with Crippen molar-refractivity contribution in [2.45, 2.75) is 26.0 Å². The lowest BCUT2D eigenvalue weighted by molar-refractivity contribution is 0.0950. The number of carbonyl (C=O) groups excluding carboxylic acids is 1. The first-order valence-corrected chi connectivity index (χ1v) is 9.23. The van der Waals surface area contributed by atoms with E-state index in [-0.39, 0.29) is 5.91 Å². The second kappa shape index (κ2) is 9.70. The number of hydrogen-bond donors (Lipinski definition) is 1. The SMILES string of the molecule is COCc1ccc(CNC(=O)c2ccccc2CCc2ccccc2)cc1. The highest BCUT2D eigenvalue weighted by Crippen LogP contribution is 2.13. The zero-order valence-corrected chi connectivity index (χ0v) is 15.7. The molecular formula is C24H25NO2. The normalized spacial score (nSPS) is 10.6. The molecule has 3 rings (SSSR count). The summed E-state index contributed by atoms with van der Waals surface area (Å²) in [7, 11) is 1.68. The standard InChI is InChI=1S/C24H25NO2/c1-27-18-21-13-11-20(12-14-21)17-25-24(26)23-10-6-5-9-22(23)16-15-19-7-3-2-4-8-19/h2-14H,15-18H2,1H3,(H,25,26). The fourth-order valence-electron chi connectivity index (χ4n) is 3.08. The first-order valence-electron chi connectivity index (χ1n) is 9.23. The average molecular weight is 359 g/mol. The third kappa shape index (κ3) is 5.53. The van der Waals surface area contributed by atoms with Gasteiger partial charge in [-0.2, -0.15) is 0 Å². The molecule has 0 heterocycles. The number of amides is 1. The minimum Gasteiger partial charge on any atom is -0.380 e. The van der Waals surface area contributed by atoms with Gasteiger partial charge >= 0.3 is 0 Å². The zero-order valence-electron chi connectivity index (χ0n) is 15.7. The lowest BCUT2D eigenvalue weighted by Gasteiger charge is -2.11. The monoisotopic (exact) mass is 359 g/mol. The van der Waals surface area contributed by atoms with Crippen molar-refractivity contribution in [3.8, 4) is 0 Å². The van der Waals surface area contributed by atoms with Gasteiger partial charge in [-0.15, -0.1) is 0 Å². The third-order valence-electron chi connectivity index (χ3n) is 4.57. The van der Waals surface area contributed by atoms with Crippen molar-refractivity contribution in [2.24, 2.45) is 0 Å². The van der Waals surface area contributed by atoms with Gasteiger partial charge in [-0.25, -0.2) is 0 Å². The molecule has 3 aromatic rings. The van der Waals surface area contributed by atoms with Crippen molar-refractivity contribution >= 4 is 5.91 Å². The number of nitrogens with one attached hydrogen (secondary N) is 1. The van der Waals surface area contributed by atoms with E-state index in [9.17, 15) is 4.79 Å². The Balaban J connectivity index is 1.61. The first-order chi connectivity index (χ1) is 13.3. The van der Waals surface area contributed by atoms with Crippen LogP contribution in [0, 0.1) is 0 Å². The van der Waals surface area contributed by atoms with Crippen molar-refractivity contribution in [1.29, 1.82) is 0 Å². The highest BCUT2D eigenvalue weighted by molar-refractivity contribution is 5.95. The minimum absolute atomic E-state index is 0.0281. The van der Waals surface area contributed by atoms with Crippen LogP contribution < -0.4 is 5.32 Å². The number of rotatable bonds is 8. The number of carbonyl (C=O) groups is 1. The molecule has 3 nitrogen and oxygen atoms in total. The van der Waals surface area contributed by atoms with Crippen molar-refractivity contribution in [2.75, 3.05) is 7.11 Å². The first kappa shape index (κ1) is 18.9. The Hall–Kier alpha value is -2.91. The molecule has 0 bridgehead atoms. The molecule has 0 saturated carbocycles. The van der Waals surface area contributed by atoms with Crippen molar-refractivity contribution in [3.63, 3.8) is 0 Å². The van der Waals surface area contributed by atoms with Gasteiger partial charge in [-0.1, -0.05) is 72.8 Å². The Morgan fingerprint density at radius 1 is 0.778 bits per heavy atom. The van der Waals surface area contributed by atoms with Gasteiger partial charge in [0.25, 0.3) is 5.91 Å². The van der Waals surface area contributed by atoms with Crippen LogP contribution in [0.2, 0.25) is 0 Å². The van der Waals surface area contributed by atoms with E-state index >= 15 is 0 Å². The lowest BCUT2D eigenvalue weighted by Crippen LogP contribution is -2.24. The highest BCUT2D eigenvalue weighted by Gasteiger charge is 2.10. The van der Waals surface area contributed by atoms with Crippen LogP contribution in [0.15, 0.2) is 78.9 Å². The Morgan fingerprint density at radius 3 is 2.19 bits per heavy atom. The fraction of sp³-hybridized carbons (Fsp3) is 0.208. The molecule has 0 aliphatic rings. The molecule has 27 heavy (non-hydrogen) atoms. The molecule has 0 aliphatic heterocycles. The van der Waals surface area contributed by atoms with Crippen LogP contribution in [0.3, 0.4) is 0 Å². The Labute approximate surface area is 161 Å². The van der Waals surface area contributed by atoms with E-state index < -0.39 is 0 Å². The van der Waals surface area contributed by atoms with Gasteiger partial charge in [0.1, 0.15) is 0 Å². The molecule has 1 N–H and O–H groups in total. The smallest absolute Gasteiger partial charge is 0.251 e. The van der Waals surface area contributed by atoms with E-state index in [1.165, 1.54) is 5.56 Å². The summed E-state index contributed by atoms with van der Waals surface area (Å²) in [6.07, 6.45) is 1.77. The molecule has 0 saturated heterocycles. The van der Waals surface area contributed by atoms with E-state index in [4.69, 9.17) is 4.74 Å². The summed E-state index contributed by atoms with van der Waals surface area (Å²) in [6.45, 7) is 1.11. The maximum absolute atomic E-state index is 12.7. The van der Waals surface area contributed by atoms with E-state index in [1.54, 1.807) is 7.11 Å². The van der Waals surface area contributed by atoms with Gasteiger partial charge in [0.05, 0.1) is 6.61 Å². The fourth-order valence-corrected chi connectivity index (χ4v) is 3.08. The number of aryl methyl sites for hydroxylation is 2. The Morgan fingerprint density at radius 2 is 1.44 bits per heavy atom. The molecule has 0 unspecified atom stereocenters. The van der Waals surface area contributed by atoms with E-state index in [1.807, 2.05) is 66.7 Å². The molecule has 0 atom stereocenters. The summed E-state index contributed by atoms with van der Waals surface area (Å²) in [4.78, 5) is 12.7. The molecule has 0 fully saturated rings. The van der Waals surface area contributed by atoms with Gasteiger partial charge in [0, 0.05) is 19.2 Å². The molecule has 3 aromatic carbocycles. The van der Waals surface area contributed by atoms with Gasteiger partial charge in [-0.3, -0.25) is 4.79 Å². The van der Waals surface area contributed by atoms with E-state index in [0.29, 0.717) is 13.2 Å². The molecule has 1 amide bonds. The summed E-state index contributed by atoms with van der Waals surface area (Å²) >= 11 is 0. The van der Waals surface area contributed by atoms with Gasteiger partial charge in [0.15, 0.2) is 0 Å². The molecule has 3 heteroatoms. The summed E-state index contributed by atoms with van der Waals surface area (Å²) in [6, 6.07) is 26.3. The number of benzene rings is 3. The van der Waals surface area contributed by atoms with Crippen LogP contribution in [0.1, 0.15) is 32.6 Å². The Bertz CT molecular complexity index is 857. The van der Waals surface area contributed by atoms with Gasteiger partial charge < -0.3 is 10.1 Å². The second-order valence-electron chi connectivity index (χ2n) is 6.57. The number of hydrogen-bond acceptors (Lipinski definition) is 2. The van der Waals surface area contributed by atoms with E-state index in [2.05, 4.69) is 17.4 Å². The zero-order chi connectivity index (χ0) is 18.9. The van der Waals surface area contributed by atoms with Gasteiger partial charge in [-0.05, 0) is 41.2 Å². The molecule has 0 radical (unpaired) electrons. The predicted octanol–water partition coefficient (Wildman–Crippen LogP) is 4.55. The highest BCUT2D eigenvalue weighted by atomic mass is 16.5. The van der Waals surface area contributed by atoms with Crippen LogP contribution >= 0.6 is 0 Å². The van der Waals surface area contributed by atoms with E-state index in [0.717, 1.165) is 35.1 Å². The lowest BCUT2D eigenvalue weighted by atomic mass is 9.99. The van der Waals surface area contributed by atoms with Crippen LogP contribution in [-0.4, -0.2) is 13.0 Å². The summed E-state index contributed by atoms with van der Waals surface area (Å²) in [5.74, 6) is -0.0281. The molecule has 0 spiro atoms. The summed E-state index contributed by atoms with van der Waals surface area (Å²) < 4.78 is 5.12. The number of ether oxygens (including phenoxy) is 1. The average Bonchev–Trinajstić information content (AvgIpc) is 2.73. The molecule has 138 valence electrons. The second-order valence-corrected chi connectivity index (χ2v) is 6.57. The van der Waals surface area contributed by atoms with Gasteiger partial charge in [0.2, 0.25) is 0 Å². The molecule has 0 aromatic heterocycles. The molecule has 0 aliphatic carbocycles. The van der Waals surface area contributed by atoms with Crippen LogP contribution in [0.4, 0.5) is 0 Å². The number of methoxy groups -OCH3 is 1. The summed E-state index contributed by atoms with van der Waals surface area (Å²) in [5, 5.41) is 3.04. The minimum atomic E-state index is -0.0281. The Kier molecular flexibility index (Phi) is 6.78. The molecular weight excluding hydrogens is 334 g/mol. The predicted molar refractivity (Wildman–Crippen MR) is 109 cm³/mol. The topological polar surface area (TPSA) is 38.3 Å². The van der Waals surface area contributed by atoms with Crippen LogP contribution in [0.5, 0.6) is 0 Å².